The summed E-state index contributed by atoms with van der Waals surface area (Å²) < 4.78 is 1.61. The van der Waals surface area contributed by atoms with Gasteiger partial charge in [-0.25, -0.2) is 4.98 Å². The predicted molar refractivity (Wildman–Crippen MR) is 103 cm³/mol. The Morgan fingerprint density at radius 1 is 1.32 bits per heavy atom. The Kier molecular flexibility index (Phi) is 5.55. The van der Waals surface area contributed by atoms with Crippen LogP contribution in [-0.4, -0.2) is 21.2 Å². The number of thioether (sulfide) groups is 1. The molecule has 7 heteroatoms. The van der Waals surface area contributed by atoms with Gasteiger partial charge in [-0.05, 0) is 37.4 Å². The standard InChI is InChI=1S/C18H19N3O2S2/c1-3-21-17(23)13-7-4-5-8-14(13)20-18(21)25-11-16(22)19-12(2)15-9-6-10-24-15/h4-10,12H,3,11H2,1-2H3,(H,19,22). The van der Waals surface area contributed by atoms with E-state index in [0.29, 0.717) is 22.6 Å². The van der Waals surface area contributed by atoms with Crippen molar-refractivity contribution in [2.24, 2.45) is 0 Å². The monoisotopic (exact) mass is 373 g/mol. The van der Waals surface area contributed by atoms with Crippen LogP contribution in [0.5, 0.6) is 0 Å². The Balaban J connectivity index is 1.74. The molecule has 5 nitrogen and oxygen atoms in total. The molecule has 0 spiro atoms. The first kappa shape index (κ1) is 17.7. The molecule has 130 valence electrons. The molecule has 0 aliphatic rings. The van der Waals surface area contributed by atoms with Gasteiger partial charge in [0.25, 0.3) is 5.56 Å². The number of rotatable bonds is 6. The van der Waals surface area contributed by atoms with Crippen molar-refractivity contribution in [3.05, 3.63) is 57.0 Å². The third-order valence-electron chi connectivity index (χ3n) is 3.82. The number of aromatic nitrogens is 2. The zero-order chi connectivity index (χ0) is 17.8. The van der Waals surface area contributed by atoms with Crippen molar-refractivity contribution in [1.82, 2.24) is 14.9 Å². The molecule has 1 amide bonds. The fourth-order valence-corrected chi connectivity index (χ4v) is 4.17. The molecule has 1 atom stereocenters. The summed E-state index contributed by atoms with van der Waals surface area (Å²) in [5.41, 5.74) is 0.593. The van der Waals surface area contributed by atoms with Gasteiger partial charge in [0.2, 0.25) is 5.91 Å². The predicted octanol–water partition coefficient (Wildman–Crippen LogP) is 3.45. The van der Waals surface area contributed by atoms with E-state index < -0.39 is 0 Å². The van der Waals surface area contributed by atoms with Crippen molar-refractivity contribution in [3.8, 4) is 0 Å². The lowest BCUT2D eigenvalue weighted by Gasteiger charge is -2.13. The van der Waals surface area contributed by atoms with Crippen LogP contribution in [0, 0.1) is 0 Å². The molecular weight excluding hydrogens is 354 g/mol. The number of carbonyl (C=O) groups excluding carboxylic acids is 1. The Morgan fingerprint density at radius 2 is 2.12 bits per heavy atom. The number of fused-ring (bicyclic) bond motifs is 1. The van der Waals surface area contributed by atoms with Gasteiger partial charge >= 0.3 is 0 Å². The van der Waals surface area contributed by atoms with E-state index in [0.717, 1.165) is 4.88 Å². The molecule has 3 rings (SSSR count). The highest BCUT2D eigenvalue weighted by Crippen LogP contribution is 2.20. The summed E-state index contributed by atoms with van der Waals surface area (Å²) in [7, 11) is 0. The Labute approximate surface area is 154 Å². The van der Waals surface area contributed by atoms with Gasteiger partial charge in [-0.2, -0.15) is 0 Å². The first-order chi connectivity index (χ1) is 12.1. The summed E-state index contributed by atoms with van der Waals surface area (Å²) in [6.45, 7) is 4.39. The second-order valence-electron chi connectivity index (χ2n) is 5.55. The number of para-hydroxylation sites is 1. The number of thiophene rings is 1. The van der Waals surface area contributed by atoms with E-state index in [1.807, 2.05) is 49.6 Å². The van der Waals surface area contributed by atoms with Gasteiger partial charge in [-0.1, -0.05) is 30.0 Å². The topological polar surface area (TPSA) is 64.0 Å². The minimum Gasteiger partial charge on any atom is -0.348 e. The number of nitrogens with one attached hydrogen (secondary N) is 1. The summed E-state index contributed by atoms with van der Waals surface area (Å²) in [5, 5.41) is 6.14. The fourth-order valence-electron chi connectivity index (χ4n) is 2.56. The van der Waals surface area contributed by atoms with Crippen LogP contribution in [-0.2, 0) is 11.3 Å². The van der Waals surface area contributed by atoms with Crippen molar-refractivity contribution in [1.29, 1.82) is 0 Å². The lowest BCUT2D eigenvalue weighted by molar-refractivity contribution is -0.119. The quantitative estimate of drug-likeness (QED) is 0.531. The SMILES string of the molecule is CCn1c(SCC(=O)NC(C)c2cccs2)nc2ccccc2c1=O. The molecule has 0 bridgehead atoms. The molecule has 0 saturated heterocycles. The second kappa shape index (κ2) is 7.84. The van der Waals surface area contributed by atoms with Gasteiger partial charge in [-0.15, -0.1) is 11.3 Å². The van der Waals surface area contributed by atoms with Gasteiger partial charge in [0, 0.05) is 11.4 Å². The molecule has 0 aliphatic carbocycles. The van der Waals surface area contributed by atoms with Gasteiger partial charge in [-0.3, -0.25) is 14.2 Å². The zero-order valence-corrected chi connectivity index (χ0v) is 15.7. The van der Waals surface area contributed by atoms with Crippen LogP contribution in [0.3, 0.4) is 0 Å². The van der Waals surface area contributed by atoms with E-state index in [-0.39, 0.29) is 23.3 Å². The highest BCUT2D eigenvalue weighted by Gasteiger charge is 2.14. The maximum absolute atomic E-state index is 12.6. The minimum atomic E-state index is -0.0732. The van der Waals surface area contributed by atoms with Gasteiger partial charge in [0.15, 0.2) is 5.16 Å². The molecular formula is C18H19N3O2S2. The maximum atomic E-state index is 12.6. The maximum Gasteiger partial charge on any atom is 0.262 e. The first-order valence-corrected chi connectivity index (χ1v) is 9.91. The van der Waals surface area contributed by atoms with Gasteiger partial charge in [0.1, 0.15) is 0 Å². The third kappa shape index (κ3) is 3.93. The van der Waals surface area contributed by atoms with Gasteiger partial charge in [0.05, 0.1) is 22.7 Å². The van der Waals surface area contributed by atoms with Crippen LogP contribution < -0.4 is 10.9 Å². The van der Waals surface area contributed by atoms with Crippen molar-refractivity contribution >= 4 is 39.9 Å². The van der Waals surface area contributed by atoms with Gasteiger partial charge < -0.3 is 5.32 Å². The summed E-state index contributed by atoms with van der Waals surface area (Å²) in [5.74, 6) is 0.150. The fraction of sp³-hybridized carbons (Fsp3) is 0.278. The smallest absolute Gasteiger partial charge is 0.262 e. The van der Waals surface area contributed by atoms with E-state index in [2.05, 4.69) is 10.3 Å². The molecule has 1 N–H and O–H groups in total. The van der Waals surface area contributed by atoms with Crippen molar-refractivity contribution in [2.75, 3.05) is 5.75 Å². The van der Waals surface area contributed by atoms with Crippen LogP contribution in [0.15, 0.2) is 51.7 Å². The highest BCUT2D eigenvalue weighted by atomic mass is 32.2. The van der Waals surface area contributed by atoms with E-state index >= 15 is 0 Å². The Morgan fingerprint density at radius 3 is 2.84 bits per heavy atom. The number of hydrogen-bond acceptors (Lipinski definition) is 5. The molecule has 3 aromatic rings. The van der Waals surface area contributed by atoms with E-state index in [1.54, 1.807) is 22.0 Å². The Bertz CT molecular complexity index is 935. The minimum absolute atomic E-state index is 0.0222. The van der Waals surface area contributed by atoms with Crippen molar-refractivity contribution in [2.45, 2.75) is 31.6 Å². The summed E-state index contributed by atoms with van der Waals surface area (Å²) in [4.78, 5) is 30.5. The average molecular weight is 374 g/mol. The summed E-state index contributed by atoms with van der Waals surface area (Å²) in [6.07, 6.45) is 0. The van der Waals surface area contributed by atoms with Crippen LogP contribution in [0.1, 0.15) is 24.8 Å². The van der Waals surface area contributed by atoms with Crippen molar-refractivity contribution in [3.63, 3.8) is 0 Å². The molecule has 1 aromatic carbocycles. The second-order valence-corrected chi connectivity index (χ2v) is 7.48. The van der Waals surface area contributed by atoms with Crippen LogP contribution in [0.25, 0.3) is 10.9 Å². The van der Waals surface area contributed by atoms with E-state index in [9.17, 15) is 9.59 Å². The van der Waals surface area contributed by atoms with Crippen LogP contribution in [0.2, 0.25) is 0 Å². The number of carbonyl (C=O) groups is 1. The van der Waals surface area contributed by atoms with Crippen LogP contribution >= 0.6 is 23.1 Å². The lowest BCUT2D eigenvalue weighted by atomic mass is 10.2. The molecule has 0 aliphatic heterocycles. The average Bonchev–Trinajstić information content (AvgIpc) is 3.15. The lowest BCUT2D eigenvalue weighted by Crippen LogP contribution is -2.28. The number of hydrogen-bond donors (Lipinski definition) is 1. The number of nitrogens with zero attached hydrogens (tertiary/aromatic N) is 2. The first-order valence-electron chi connectivity index (χ1n) is 8.05. The third-order valence-corrected chi connectivity index (χ3v) is 5.85. The molecule has 2 aromatic heterocycles. The van der Waals surface area contributed by atoms with Crippen LogP contribution in [0.4, 0.5) is 0 Å². The van der Waals surface area contributed by atoms with E-state index in [4.69, 9.17) is 0 Å². The highest BCUT2D eigenvalue weighted by molar-refractivity contribution is 7.99. The molecule has 0 fully saturated rings. The molecule has 25 heavy (non-hydrogen) atoms. The summed E-state index contributed by atoms with van der Waals surface area (Å²) >= 11 is 2.91. The Hall–Kier alpha value is -2.12. The number of benzene rings is 1. The molecule has 0 saturated carbocycles. The molecule has 2 heterocycles. The molecule has 1 unspecified atom stereocenters. The largest absolute Gasteiger partial charge is 0.348 e. The van der Waals surface area contributed by atoms with Crippen molar-refractivity contribution < 1.29 is 4.79 Å². The van der Waals surface area contributed by atoms with E-state index in [1.165, 1.54) is 11.8 Å². The molecule has 0 radical (unpaired) electrons. The normalized spacial score (nSPS) is 12.2. The number of amides is 1. The zero-order valence-electron chi connectivity index (χ0n) is 14.1. The summed E-state index contributed by atoms with van der Waals surface area (Å²) in [6, 6.07) is 11.2.